The molecule has 1 aromatic carbocycles. The number of hydrogen-bond donors (Lipinski definition) is 1. The summed E-state index contributed by atoms with van der Waals surface area (Å²) in [5.74, 6) is 0. The quantitative estimate of drug-likeness (QED) is 0.937. The van der Waals surface area contributed by atoms with E-state index in [-0.39, 0.29) is 24.7 Å². The molecule has 0 saturated carbocycles. The third-order valence-electron chi connectivity index (χ3n) is 4.38. The predicted octanol–water partition coefficient (Wildman–Crippen LogP) is 3.07. The van der Waals surface area contributed by atoms with Crippen molar-refractivity contribution < 1.29 is 13.2 Å². The summed E-state index contributed by atoms with van der Waals surface area (Å²) in [5.41, 5.74) is 1.34. The highest BCUT2D eigenvalue weighted by molar-refractivity contribution is 5.76. The van der Waals surface area contributed by atoms with Gasteiger partial charge in [0.2, 0.25) is 0 Å². The Morgan fingerprint density at radius 1 is 1.13 bits per heavy atom. The van der Waals surface area contributed by atoms with E-state index < -0.39 is 12.6 Å². The topological polar surface area (TPSA) is 39.0 Å². The van der Waals surface area contributed by atoms with Gasteiger partial charge < -0.3 is 5.32 Å². The van der Waals surface area contributed by atoms with Crippen LogP contribution < -0.4 is 11.0 Å². The van der Waals surface area contributed by atoms with E-state index >= 15 is 0 Å². The van der Waals surface area contributed by atoms with Gasteiger partial charge in [0.15, 0.2) is 0 Å². The van der Waals surface area contributed by atoms with Crippen LogP contribution in [-0.2, 0) is 6.54 Å². The van der Waals surface area contributed by atoms with Gasteiger partial charge in [0.1, 0.15) is 0 Å². The van der Waals surface area contributed by atoms with Crippen LogP contribution in [0.4, 0.5) is 13.2 Å². The lowest BCUT2D eigenvalue weighted by molar-refractivity contribution is -0.135. The van der Waals surface area contributed by atoms with E-state index in [0.29, 0.717) is 0 Å². The molecule has 4 nitrogen and oxygen atoms in total. The van der Waals surface area contributed by atoms with Crippen molar-refractivity contribution in [2.75, 3.05) is 13.1 Å². The Labute approximate surface area is 131 Å². The highest BCUT2D eigenvalue weighted by Gasteiger charge is 2.27. The second-order valence-electron chi connectivity index (χ2n) is 5.99. The first-order valence-electron chi connectivity index (χ1n) is 7.94. The number of nitrogens with zero attached hydrogens (tertiary/aromatic N) is 2. The van der Waals surface area contributed by atoms with Crippen molar-refractivity contribution in [2.45, 2.75) is 44.4 Å². The number of aromatic nitrogens is 2. The summed E-state index contributed by atoms with van der Waals surface area (Å²) in [6.45, 7) is 1.80. The molecule has 1 aliphatic rings. The molecule has 0 unspecified atom stereocenters. The number of nitrogens with one attached hydrogen (secondary N) is 1. The van der Waals surface area contributed by atoms with E-state index in [1.165, 1.54) is 4.57 Å². The highest BCUT2D eigenvalue weighted by Crippen LogP contribution is 2.25. The summed E-state index contributed by atoms with van der Waals surface area (Å²) < 4.78 is 40.4. The van der Waals surface area contributed by atoms with E-state index in [1.54, 1.807) is 4.57 Å². The lowest BCUT2D eigenvalue weighted by Gasteiger charge is -2.23. The normalized spacial score (nSPS) is 17.0. The Balaban J connectivity index is 1.94. The second kappa shape index (κ2) is 6.39. The number of rotatable bonds is 4. The average Bonchev–Trinajstić information content (AvgIpc) is 2.79. The molecule has 1 aliphatic heterocycles. The molecular weight excluding hydrogens is 307 g/mol. The number of fused-ring (bicyclic) bond motifs is 1. The maximum absolute atomic E-state index is 12.8. The van der Waals surface area contributed by atoms with Crippen molar-refractivity contribution in [1.82, 2.24) is 14.5 Å². The van der Waals surface area contributed by atoms with Gasteiger partial charge in [-0.1, -0.05) is 12.1 Å². The number of para-hydroxylation sites is 2. The minimum absolute atomic E-state index is 0.0797. The van der Waals surface area contributed by atoms with Crippen molar-refractivity contribution in [3.8, 4) is 0 Å². The molecule has 1 fully saturated rings. The van der Waals surface area contributed by atoms with Crippen LogP contribution in [0.1, 0.15) is 31.7 Å². The Bertz CT molecular complexity index is 726. The van der Waals surface area contributed by atoms with E-state index in [1.807, 2.05) is 24.3 Å². The fraction of sp³-hybridized carbons (Fsp3) is 0.562. The van der Waals surface area contributed by atoms with Crippen molar-refractivity contribution in [2.24, 2.45) is 0 Å². The van der Waals surface area contributed by atoms with Gasteiger partial charge in [-0.25, -0.2) is 4.79 Å². The molecule has 0 aliphatic carbocycles. The first kappa shape index (κ1) is 16.1. The number of hydrogen-bond acceptors (Lipinski definition) is 2. The Morgan fingerprint density at radius 2 is 1.78 bits per heavy atom. The van der Waals surface area contributed by atoms with Crippen LogP contribution in [0.3, 0.4) is 0 Å². The summed E-state index contributed by atoms with van der Waals surface area (Å²) >= 11 is 0. The van der Waals surface area contributed by atoms with Crippen molar-refractivity contribution in [3.05, 3.63) is 34.7 Å². The van der Waals surface area contributed by atoms with Gasteiger partial charge in [-0.3, -0.25) is 9.13 Å². The lowest BCUT2D eigenvalue weighted by Crippen LogP contribution is -2.35. The molecule has 7 heteroatoms. The molecule has 2 heterocycles. The third kappa shape index (κ3) is 3.44. The molecule has 0 atom stereocenters. The molecule has 2 aromatic rings. The Morgan fingerprint density at radius 3 is 2.43 bits per heavy atom. The summed E-state index contributed by atoms with van der Waals surface area (Å²) in [4.78, 5) is 12.8. The number of aryl methyl sites for hydroxylation is 1. The van der Waals surface area contributed by atoms with E-state index in [2.05, 4.69) is 5.32 Å². The Kier molecular flexibility index (Phi) is 4.48. The largest absolute Gasteiger partial charge is 0.389 e. The highest BCUT2D eigenvalue weighted by atomic mass is 19.4. The summed E-state index contributed by atoms with van der Waals surface area (Å²) in [7, 11) is 0. The average molecular weight is 327 g/mol. The van der Waals surface area contributed by atoms with Crippen LogP contribution in [0.5, 0.6) is 0 Å². The lowest BCUT2D eigenvalue weighted by atomic mass is 10.1. The maximum atomic E-state index is 12.8. The van der Waals surface area contributed by atoms with E-state index in [9.17, 15) is 18.0 Å². The minimum Gasteiger partial charge on any atom is -0.317 e. The van der Waals surface area contributed by atoms with Gasteiger partial charge in [-0.2, -0.15) is 13.2 Å². The van der Waals surface area contributed by atoms with E-state index in [0.717, 1.165) is 37.0 Å². The van der Waals surface area contributed by atoms with Crippen LogP contribution in [0.2, 0.25) is 0 Å². The second-order valence-corrected chi connectivity index (χ2v) is 5.99. The molecule has 0 spiro atoms. The van der Waals surface area contributed by atoms with E-state index in [4.69, 9.17) is 0 Å². The number of piperidine rings is 1. The minimum atomic E-state index is -4.18. The molecule has 0 bridgehead atoms. The molecule has 1 saturated heterocycles. The zero-order valence-corrected chi connectivity index (χ0v) is 12.8. The van der Waals surface area contributed by atoms with Gasteiger partial charge in [0.05, 0.1) is 11.0 Å². The van der Waals surface area contributed by atoms with Crippen LogP contribution in [0.15, 0.2) is 29.1 Å². The van der Waals surface area contributed by atoms with Crippen LogP contribution in [0.25, 0.3) is 11.0 Å². The van der Waals surface area contributed by atoms with Gasteiger partial charge in [0, 0.05) is 19.0 Å². The molecule has 0 amide bonds. The molecule has 1 N–H and O–H groups in total. The zero-order valence-electron chi connectivity index (χ0n) is 12.8. The van der Waals surface area contributed by atoms with Crippen LogP contribution in [-0.4, -0.2) is 28.4 Å². The Hall–Kier alpha value is -1.76. The molecule has 126 valence electrons. The maximum Gasteiger partial charge on any atom is 0.389 e. The first-order chi connectivity index (χ1) is 11.0. The number of alkyl halides is 3. The number of benzene rings is 1. The van der Waals surface area contributed by atoms with Crippen LogP contribution >= 0.6 is 0 Å². The SMILES string of the molecule is O=c1n(CCCC(F)(F)F)c2ccccc2n1C1CCNCC1. The van der Waals surface area contributed by atoms with Crippen molar-refractivity contribution in [1.29, 1.82) is 0 Å². The number of imidazole rings is 1. The summed E-state index contributed by atoms with van der Waals surface area (Å²) in [6.07, 6.45) is -3.42. The van der Waals surface area contributed by atoms with Gasteiger partial charge >= 0.3 is 11.9 Å². The fourth-order valence-electron chi connectivity index (χ4n) is 3.30. The zero-order chi connectivity index (χ0) is 16.4. The summed E-state index contributed by atoms with van der Waals surface area (Å²) in [6, 6.07) is 7.47. The van der Waals surface area contributed by atoms with Crippen molar-refractivity contribution in [3.63, 3.8) is 0 Å². The standard InChI is InChI=1S/C16H20F3N3O/c17-16(18,19)8-3-11-21-13-4-1-2-5-14(13)22(15(21)23)12-6-9-20-10-7-12/h1-2,4-5,12,20H,3,6-11H2. The fourth-order valence-corrected chi connectivity index (χ4v) is 3.30. The van der Waals surface area contributed by atoms with Gasteiger partial charge in [0.25, 0.3) is 0 Å². The predicted molar refractivity (Wildman–Crippen MR) is 82.6 cm³/mol. The molecule has 1 aromatic heterocycles. The third-order valence-corrected chi connectivity index (χ3v) is 4.38. The molecule has 23 heavy (non-hydrogen) atoms. The smallest absolute Gasteiger partial charge is 0.317 e. The van der Waals surface area contributed by atoms with Crippen molar-refractivity contribution >= 4 is 11.0 Å². The molecule has 0 radical (unpaired) electrons. The first-order valence-corrected chi connectivity index (χ1v) is 7.94. The van der Waals surface area contributed by atoms with Gasteiger partial charge in [-0.05, 0) is 44.5 Å². The van der Waals surface area contributed by atoms with Gasteiger partial charge in [-0.15, -0.1) is 0 Å². The monoisotopic (exact) mass is 327 g/mol. The number of halogens is 3. The summed E-state index contributed by atoms with van der Waals surface area (Å²) in [5, 5.41) is 3.26. The molecular formula is C16H20F3N3O. The molecule has 3 rings (SSSR count). The van der Waals surface area contributed by atoms with Crippen LogP contribution in [0, 0.1) is 0 Å².